The maximum absolute atomic E-state index is 12.8. The lowest BCUT2D eigenvalue weighted by atomic mass is 10.1. The van der Waals surface area contributed by atoms with E-state index in [1.807, 2.05) is 23.1 Å². The summed E-state index contributed by atoms with van der Waals surface area (Å²) < 4.78 is 27.0. The predicted molar refractivity (Wildman–Crippen MR) is 115 cm³/mol. The van der Waals surface area contributed by atoms with Crippen molar-refractivity contribution < 1.29 is 13.2 Å². The van der Waals surface area contributed by atoms with Gasteiger partial charge in [0, 0.05) is 30.5 Å². The molecule has 29 heavy (non-hydrogen) atoms. The van der Waals surface area contributed by atoms with E-state index in [1.165, 1.54) is 5.56 Å². The minimum Gasteiger partial charge on any atom is -0.376 e. The van der Waals surface area contributed by atoms with Crippen LogP contribution in [0.1, 0.15) is 31.7 Å². The highest BCUT2D eigenvalue weighted by Gasteiger charge is 2.30. The van der Waals surface area contributed by atoms with Gasteiger partial charge in [-0.3, -0.25) is 4.79 Å². The molecule has 0 spiro atoms. The van der Waals surface area contributed by atoms with Crippen molar-refractivity contribution in [3.8, 4) is 0 Å². The summed E-state index contributed by atoms with van der Waals surface area (Å²) in [6, 6.07) is 14.8. The summed E-state index contributed by atoms with van der Waals surface area (Å²) in [7, 11) is -3.43. The van der Waals surface area contributed by atoms with Gasteiger partial charge in [-0.2, -0.15) is 4.31 Å². The van der Waals surface area contributed by atoms with Gasteiger partial charge in [-0.1, -0.05) is 24.6 Å². The topological polar surface area (TPSA) is 69.7 Å². The van der Waals surface area contributed by atoms with Gasteiger partial charge in [0.15, 0.2) is 0 Å². The number of anilines is 2. The van der Waals surface area contributed by atoms with Crippen molar-refractivity contribution in [2.45, 2.75) is 43.5 Å². The van der Waals surface area contributed by atoms with Gasteiger partial charge in [-0.15, -0.1) is 0 Å². The van der Waals surface area contributed by atoms with Gasteiger partial charge in [0.25, 0.3) is 0 Å². The van der Waals surface area contributed by atoms with Gasteiger partial charge in [0.05, 0.1) is 11.4 Å². The second kappa shape index (κ2) is 8.16. The molecule has 2 aromatic rings. The third-order valence-electron chi connectivity index (χ3n) is 5.73. The van der Waals surface area contributed by atoms with Crippen LogP contribution < -0.4 is 10.2 Å². The van der Waals surface area contributed by atoms with E-state index in [1.54, 1.807) is 28.6 Å². The zero-order valence-corrected chi connectivity index (χ0v) is 17.5. The van der Waals surface area contributed by atoms with Crippen molar-refractivity contribution in [1.29, 1.82) is 0 Å². The maximum Gasteiger partial charge on any atom is 0.246 e. The number of sulfonamides is 1. The van der Waals surface area contributed by atoms with E-state index in [9.17, 15) is 13.2 Å². The lowest BCUT2D eigenvalue weighted by molar-refractivity contribution is -0.117. The zero-order valence-electron chi connectivity index (χ0n) is 16.7. The lowest BCUT2D eigenvalue weighted by Crippen LogP contribution is -2.39. The van der Waals surface area contributed by atoms with E-state index >= 15 is 0 Å². The van der Waals surface area contributed by atoms with Gasteiger partial charge < -0.3 is 10.2 Å². The first-order valence-electron chi connectivity index (χ1n) is 10.2. The molecule has 6 nitrogen and oxygen atoms in total. The molecule has 2 aromatic carbocycles. The van der Waals surface area contributed by atoms with E-state index in [4.69, 9.17) is 0 Å². The van der Waals surface area contributed by atoms with Gasteiger partial charge >= 0.3 is 0 Å². The second-order valence-corrected chi connectivity index (χ2v) is 9.73. The molecule has 1 N–H and O–H groups in total. The van der Waals surface area contributed by atoms with Crippen molar-refractivity contribution in [2.75, 3.05) is 29.9 Å². The fourth-order valence-corrected chi connectivity index (χ4v) is 5.72. The first-order valence-corrected chi connectivity index (χ1v) is 11.6. The van der Waals surface area contributed by atoms with Gasteiger partial charge in [-0.25, -0.2) is 8.42 Å². The molecule has 0 aliphatic carbocycles. The van der Waals surface area contributed by atoms with Crippen molar-refractivity contribution in [3.63, 3.8) is 0 Å². The van der Waals surface area contributed by atoms with Crippen LogP contribution in [0.25, 0.3) is 0 Å². The minimum atomic E-state index is -3.43. The van der Waals surface area contributed by atoms with Crippen LogP contribution in [0.2, 0.25) is 0 Å². The Morgan fingerprint density at radius 3 is 2.45 bits per heavy atom. The fraction of sp³-hybridized carbons (Fsp3) is 0.409. The number of hydrogen-bond donors (Lipinski definition) is 1. The second-order valence-electron chi connectivity index (χ2n) is 7.79. The standard InChI is InChI=1S/C22H27N3O3S/c1-17-15-18-7-3-4-8-21(18)25(17)22(26)16-23-19-9-11-20(12-10-19)29(27,28)24-13-5-2-6-14-24/h3-4,7-12,17,23H,2,5-6,13-16H2,1H3/t17-/m1/s1. The number of nitrogens with zero attached hydrogens (tertiary/aromatic N) is 2. The van der Waals surface area contributed by atoms with Gasteiger partial charge in [0.1, 0.15) is 0 Å². The Hall–Kier alpha value is -2.38. The largest absolute Gasteiger partial charge is 0.376 e. The van der Waals surface area contributed by atoms with Crippen LogP contribution in [-0.2, 0) is 21.2 Å². The van der Waals surface area contributed by atoms with Gasteiger partial charge in [0.2, 0.25) is 15.9 Å². The number of carbonyl (C=O) groups is 1. The lowest BCUT2D eigenvalue weighted by Gasteiger charge is -2.26. The van der Waals surface area contributed by atoms with Crippen LogP contribution in [0, 0.1) is 0 Å². The number of hydrogen-bond acceptors (Lipinski definition) is 4. The molecule has 0 aromatic heterocycles. The maximum atomic E-state index is 12.8. The van der Waals surface area contributed by atoms with E-state index < -0.39 is 10.0 Å². The highest BCUT2D eigenvalue weighted by atomic mass is 32.2. The summed E-state index contributed by atoms with van der Waals surface area (Å²) in [5.74, 6) is 0.00691. The molecule has 1 fully saturated rings. The SMILES string of the molecule is C[C@@H]1Cc2ccccc2N1C(=O)CNc1ccc(S(=O)(=O)N2CCCCC2)cc1. The van der Waals surface area contributed by atoms with Crippen molar-refractivity contribution in [2.24, 2.45) is 0 Å². The number of nitrogens with one attached hydrogen (secondary N) is 1. The first-order chi connectivity index (χ1) is 14.0. The van der Waals surface area contributed by atoms with E-state index in [0.29, 0.717) is 18.0 Å². The average Bonchev–Trinajstić information content (AvgIpc) is 3.08. The Morgan fingerprint density at radius 2 is 1.72 bits per heavy atom. The quantitative estimate of drug-likeness (QED) is 0.817. The minimum absolute atomic E-state index is 0.00691. The summed E-state index contributed by atoms with van der Waals surface area (Å²) in [4.78, 5) is 14.9. The Kier molecular flexibility index (Phi) is 5.61. The smallest absolute Gasteiger partial charge is 0.246 e. The fourth-order valence-electron chi connectivity index (χ4n) is 4.21. The number of amides is 1. The molecular weight excluding hydrogens is 386 g/mol. The molecule has 2 aliphatic heterocycles. The molecule has 154 valence electrons. The molecule has 0 saturated carbocycles. The molecule has 0 unspecified atom stereocenters. The average molecular weight is 414 g/mol. The highest BCUT2D eigenvalue weighted by molar-refractivity contribution is 7.89. The summed E-state index contributed by atoms with van der Waals surface area (Å²) >= 11 is 0. The molecule has 4 rings (SSSR count). The Bertz CT molecular complexity index is 983. The number of rotatable bonds is 5. The number of carbonyl (C=O) groups excluding carboxylic acids is 1. The van der Waals surface area contributed by atoms with E-state index in [0.717, 1.165) is 37.1 Å². The first kappa shape index (κ1) is 19.9. The van der Waals surface area contributed by atoms with Crippen LogP contribution in [0.3, 0.4) is 0 Å². The molecular formula is C22H27N3O3S. The van der Waals surface area contributed by atoms with Crippen molar-refractivity contribution in [1.82, 2.24) is 4.31 Å². The number of fused-ring (bicyclic) bond motifs is 1. The molecule has 1 saturated heterocycles. The summed E-state index contributed by atoms with van der Waals surface area (Å²) in [6.45, 7) is 3.40. The molecule has 1 atom stereocenters. The van der Waals surface area contributed by atoms with Crippen LogP contribution >= 0.6 is 0 Å². The third kappa shape index (κ3) is 4.02. The third-order valence-corrected chi connectivity index (χ3v) is 7.64. The summed E-state index contributed by atoms with van der Waals surface area (Å²) in [5.41, 5.74) is 2.91. The molecule has 1 amide bonds. The monoisotopic (exact) mass is 413 g/mol. The molecule has 7 heteroatoms. The molecule has 2 heterocycles. The number of para-hydroxylation sites is 1. The summed E-state index contributed by atoms with van der Waals surface area (Å²) in [5, 5.41) is 3.13. The van der Waals surface area contributed by atoms with Crippen LogP contribution in [0.4, 0.5) is 11.4 Å². The molecule has 0 bridgehead atoms. The normalized spacial score (nSPS) is 19.8. The van der Waals surface area contributed by atoms with E-state index in [2.05, 4.69) is 18.3 Å². The Morgan fingerprint density at radius 1 is 1.03 bits per heavy atom. The Labute approximate surface area is 172 Å². The summed E-state index contributed by atoms with van der Waals surface area (Å²) in [6.07, 6.45) is 3.78. The number of benzene rings is 2. The van der Waals surface area contributed by atoms with Crippen molar-refractivity contribution >= 4 is 27.3 Å². The number of piperidine rings is 1. The molecule has 2 aliphatic rings. The van der Waals surface area contributed by atoms with Crippen LogP contribution in [0.5, 0.6) is 0 Å². The predicted octanol–water partition coefficient (Wildman–Crippen LogP) is 3.25. The zero-order chi connectivity index (χ0) is 20.4. The van der Waals surface area contributed by atoms with E-state index in [-0.39, 0.29) is 18.5 Å². The Balaban J connectivity index is 1.40. The molecule has 0 radical (unpaired) electrons. The van der Waals surface area contributed by atoms with Crippen LogP contribution in [0.15, 0.2) is 53.4 Å². The van der Waals surface area contributed by atoms with Gasteiger partial charge in [-0.05, 0) is 62.1 Å². The highest BCUT2D eigenvalue weighted by Crippen LogP contribution is 2.31. The van der Waals surface area contributed by atoms with Crippen molar-refractivity contribution in [3.05, 3.63) is 54.1 Å². The van der Waals surface area contributed by atoms with Crippen LogP contribution in [-0.4, -0.2) is 44.3 Å².